The zero-order valence-electron chi connectivity index (χ0n) is 20.5. The molecule has 1 heterocycles. The van der Waals surface area contributed by atoms with Crippen molar-refractivity contribution in [3.63, 3.8) is 0 Å². The molecule has 0 amide bonds. The van der Waals surface area contributed by atoms with Gasteiger partial charge in [0.05, 0.1) is 22.0 Å². The second-order valence-corrected chi connectivity index (χ2v) is 11.8. The molecule has 0 spiro atoms. The number of hydrogen-bond acceptors (Lipinski definition) is 2. The summed E-state index contributed by atoms with van der Waals surface area (Å²) in [5.41, 5.74) is -2.64. The smallest absolute Gasteiger partial charge is 0.399 e. The van der Waals surface area contributed by atoms with Crippen LogP contribution in [0.5, 0.6) is 0 Å². The van der Waals surface area contributed by atoms with E-state index < -0.39 is 41.5 Å². The van der Waals surface area contributed by atoms with Gasteiger partial charge in [-0.25, -0.2) is 0 Å². The molecule has 2 aromatic carbocycles. The fourth-order valence-corrected chi connectivity index (χ4v) is 4.69. The molecular formula is C26H28BBrF6O2. The van der Waals surface area contributed by atoms with Gasteiger partial charge in [0.2, 0.25) is 0 Å². The van der Waals surface area contributed by atoms with Crippen molar-refractivity contribution in [2.24, 2.45) is 0 Å². The largest absolute Gasteiger partial charge is 0.494 e. The first kappa shape index (κ1) is 27.5. The Morgan fingerprint density at radius 2 is 0.972 bits per heavy atom. The van der Waals surface area contributed by atoms with Gasteiger partial charge >= 0.3 is 19.5 Å². The Balaban J connectivity index is 0.000000187. The van der Waals surface area contributed by atoms with Gasteiger partial charge in [-0.1, -0.05) is 52.3 Å². The Morgan fingerprint density at radius 3 is 1.28 bits per heavy atom. The highest BCUT2D eigenvalue weighted by molar-refractivity contribution is 9.10. The van der Waals surface area contributed by atoms with Crippen LogP contribution in [0.25, 0.3) is 0 Å². The molecule has 196 valence electrons. The first-order chi connectivity index (χ1) is 16.4. The molecule has 0 aromatic heterocycles. The molecule has 0 atom stereocenters. The van der Waals surface area contributed by atoms with E-state index in [9.17, 15) is 26.3 Å². The zero-order valence-corrected chi connectivity index (χ0v) is 22.1. The van der Waals surface area contributed by atoms with Crippen molar-refractivity contribution < 1.29 is 35.7 Å². The SMILES string of the molecule is CC1(C)OB(c2ccc(C3(C(F)(F)F)CC3)cc2)OC1(C)C.FC(F)(F)C1(c2ccc(Br)cc2)CC1. The molecule has 0 N–H and O–H groups in total. The van der Waals surface area contributed by atoms with E-state index in [1.54, 1.807) is 48.5 Å². The molecule has 2 aliphatic carbocycles. The highest BCUT2D eigenvalue weighted by atomic mass is 79.9. The second-order valence-electron chi connectivity index (χ2n) is 10.9. The van der Waals surface area contributed by atoms with E-state index in [4.69, 9.17) is 9.31 Å². The number of benzene rings is 2. The van der Waals surface area contributed by atoms with Gasteiger partial charge in [0.1, 0.15) is 0 Å². The minimum atomic E-state index is -4.18. The molecule has 2 nitrogen and oxygen atoms in total. The maximum absolute atomic E-state index is 13.1. The molecule has 3 fully saturated rings. The van der Waals surface area contributed by atoms with Gasteiger partial charge in [-0.05, 0) is 82.1 Å². The van der Waals surface area contributed by atoms with Crippen LogP contribution in [0.2, 0.25) is 0 Å². The Labute approximate surface area is 216 Å². The number of halogens is 7. The molecule has 3 aliphatic rings. The van der Waals surface area contributed by atoms with Crippen molar-refractivity contribution in [1.29, 1.82) is 0 Å². The minimum absolute atomic E-state index is 0.173. The molecular weight excluding hydrogens is 549 g/mol. The highest BCUT2D eigenvalue weighted by Gasteiger charge is 2.65. The monoisotopic (exact) mass is 576 g/mol. The van der Waals surface area contributed by atoms with Crippen LogP contribution >= 0.6 is 15.9 Å². The van der Waals surface area contributed by atoms with Crippen LogP contribution in [-0.4, -0.2) is 30.7 Å². The summed E-state index contributed by atoms with van der Waals surface area (Å²) in [4.78, 5) is 0. The molecule has 1 saturated heterocycles. The normalized spacial score (nSPS) is 23.0. The van der Waals surface area contributed by atoms with E-state index in [0.717, 1.165) is 9.94 Å². The summed E-state index contributed by atoms with van der Waals surface area (Å²) < 4.78 is 90.1. The van der Waals surface area contributed by atoms with Crippen LogP contribution in [0.15, 0.2) is 53.0 Å². The summed E-state index contributed by atoms with van der Waals surface area (Å²) in [6.07, 6.45) is -7.51. The number of alkyl halides is 6. The van der Waals surface area contributed by atoms with Crippen molar-refractivity contribution in [2.45, 2.75) is 87.8 Å². The van der Waals surface area contributed by atoms with Gasteiger partial charge in [-0.2, -0.15) is 26.3 Å². The third kappa shape index (κ3) is 4.85. The van der Waals surface area contributed by atoms with Crippen molar-refractivity contribution in [1.82, 2.24) is 0 Å². The van der Waals surface area contributed by atoms with Crippen LogP contribution in [-0.2, 0) is 20.1 Å². The molecule has 5 rings (SSSR count). The van der Waals surface area contributed by atoms with Crippen molar-refractivity contribution in [3.8, 4) is 0 Å². The van der Waals surface area contributed by atoms with E-state index in [0.29, 0.717) is 11.1 Å². The van der Waals surface area contributed by atoms with Crippen LogP contribution in [0.3, 0.4) is 0 Å². The highest BCUT2D eigenvalue weighted by Crippen LogP contribution is 2.59. The van der Waals surface area contributed by atoms with Crippen molar-refractivity contribution in [2.75, 3.05) is 0 Å². The van der Waals surface area contributed by atoms with Gasteiger partial charge in [0, 0.05) is 4.47 Å². The van der Waals surface area contributed by atoms with Crippen LogP contribution < -0.4 is 5.46 Å². The average molecular weight is 577 g/mol. The molecule has 36 heavy (non-hydrogen) atoms. The Hall–Kier alpha value is -1.52. The quantitative estimate of drug-likeness (QED) is 0.276. The maximum atomic E-state index is 13.1. The average Bonchev–Trinajstić information content (AvgIpc) is 3.66. The van der Waals surface area contributed by atoms with Gasteiger partial charge < -0.3 is 9.31 Å². The lowest BCUT2D eigenvalue weighted by Crippen LogP contribution is -2.41. The molecule has 0 unspecified atom stereocenters. The third-order valence-electron chi connectivity index (χ3n) is 7.97. The van der Waals surface area contributed by atoms with Gasteiger partial charge in [0.25, 0.3) is 0 Å². The predicted octanol–water partition coefficient (Wildman–Crippen LogP) is 7.62. The third-order valence-corrected chi connectivity index (χ3v) is 8.50. The topological polar surface area (TPSA) is 18.5 Å². The number of hydrogen-bond donors (Lipinski definition) is 0. The fraction of sp³-hybridized carbons (Fsp3) is 0.538. The molecule has 0 bridgehead atoms. The summed E-state index contributed by atoms with van der Waals surface area (Å²) in [6, 6.07) is 12.9. The number of rotatable bonds is 3. The molecule has 0 radical (unpaired) electrons. The van der Waals surface area contributed by atoms with Crippen molar-refractivity contribution >= 4 is 28.5 Å². The lowest BCUT2D eigenvalue weighted by molar-refractivity contribution is -0.161. The van der Waals surface area contributed by atoms with Gasteiger partial charge in [0.15, 0.2) is 0 Å². The van der Waals surface area contributed by atoms with Crippen molar-refractivity contribution in [3.05, 3.63) is 64.1 Å². The Morgan fingerprint density at radius 1 is 0.639 bits per heavy atom. The van der Waals surface area contributed by atoms with E-state index >= 15 is 0 Å². The Kier molecular flexibility index (Phi) is 6.70. The summed E-state index contributed by atoms with van der Waals surface area (Å²) in [5.74, 6) is 0. The fourth-order valence-electron chi connectivity index (χ4n) is 4.43. The van der Waals surface area contributed by atoms with E-state index in [1.165, 1.54) is 0 Å². The standard InChI is InChI=1S/C16H20BF3O2.C10H8BrF3/c1-13(2)14(3,4)22-17(21-13)12-7-5-11(6-8-12)15(9-10-15)16(18,19)20;11-8-3-1-7(2-4-8)9(5-6-9)10(12,13)14/h5-8H,9-10H2,1-4H3;1-4H,5-6H2. The summed E-state index contributed by atoms with van der Waals surface area (Å²) in [7, 11) is -0.542. The Bertz CT molecular complexity index is 1070. The summed E-state index contributed by atoms with van der Waals surface area (Å²) in [6.45, 7) is 7.79. The predicted molar refractivity (Wildman–Crippen MR) is 130 cm³/mol. The lowest BCUT2D eigenvalue weighted by atomic mass is 9.78. The van der Waals surface area contributed by atoms with Crippen LogP contribution in [0, 0.1) is 0 Å². The molecule has 2 aromatic rings. The molecule has 2 saturated carbocycles. The lowest BCUT2D eigenvalue weighted by Gasteiger charge is -2.32. The van der Waals surface area contributed by atoms with Gasteiger partial charge in [-0.3, -0.25) is 0 Å². The van der Waals surface area contributed by atoms with Gasteiger partial charge in [-0.15, -0.1) is 0 Å². The van der Waals surface area contributed by atoms with E-state index in [-0.39, 0.29) is 25.7 Å². The van der Waals surface area contributed by atoms with Crippen LogP contribution in [0.1, 0.15) is 64.5 Å². The maximum Gasteiger partial charge on any atom is 0.494 e. The molecule has 10 heteroatoms. The summed E-state index contributed by atoms with van der Waals surface area (Å²) >= 11 is 3.20. The second kappa shape index (κ2) is 8.77. The first-order valence-electron chi connectivity index (χ1n) is 11.8. The molecule has 1 aliphatic heterocycles. The van der Waals surface area contributed by atoms with E-state index in [2.05, 4.69) is 15.9 Å². The van der Waals surface area contributed by atoms with E-state index in [1.807, 2.05) is 27.7 Å². The van der Waals surface area contributed by atoms with Crippen LogP contribution in [0.4, 0.5) is 26.3 Å². The first-order valence-corrected chi connectivity index (χ1v) is 12.6. The minimum Gasteiger partial charge on any atom is -0.399 e. The zero-order chi connectivity index (χ0) is 26.8. The summed E-state index contributed by atoms with van der Waals surface area (Å²) in [5, 5.41) is 0.